The maximum Gasteiger partial charge on any atom is 0.251 e. The van der Waals surface area contributed by atoms with Gasteiger partial charge in [0.25, 0.3) is 5.91 Å². The van der Waals surface area contributed by atoms with E-state index in [4.69, 9.17) is 5.26 Å². The molecule has 1 aromatic rings. The van der Waals surface area contributed by atoms with E-state index in [1.54, 1.807) is 24.3 Å². The number of carbonyl (C=O) groups is 1. The van der Waals surface area contributed by atoms with Gasteiger partial charge in [0.15, 0.2) is 0 Å². The molecule has 1 fully saturated rings. The molecule has 1 atom stereocenters. The predicted octanol–water partition coefficient (Wildman–Crippen LogP) is 1.68. The van der Waals surface area contributed by atoms with Crippen LogP contribution in [0.5, 0.6) is 0 Å². The van der Waals surface area contributed by atoms with E-state index >= 15 is 0 Å². The number of nitriles is 1. The number of carbonyl (C=O) groups excluding carboxylic acids is 1. The monoisotopic (exact) mass is 257 g/mol. The molecule has 1 aliphatic heterocycles. The molecule has 4 nitrogen and oxygen atoms in total. The highest BCUT2D eigenvalue weighted by molar-refractivity contribution is 5.94. The molecule has 0 bridgehead atoms. The van der Waals surface area contributed by atoms with E-state index in [2.05, 4.69) is 24.5 Å². The predicted molar refractivity (Wildman–Crippen MR) is 73.7 cm³/mol. The van der Waals surface area contributed by atoms with E-state index in [0.717, 1.165) is 19.5 Å². The molecule has 0 spiro atoms. The van der Waals surface area contributed by atoms with Gasteiger partial charge in [0.1, 0.15) is 0 Å². The Morgan fingerprint density at radius 3 is 2.68 bits per heavy atom. The first-order valence-corrected chi connectivity index (χ1v) is 6.55. The summed E-state index contributed by atoms with van der Waals surface area (Å²) in [5.41, 5.74) is 1.23. The summed E-state index contributed by atoms with van der Waals surface area (Å²) < 4.78 is 0. The SMILES string of the molecule is CC1(C)CNCCC1NC(=O)c1ccc(C#N)cc1. The molecule has 0 aliphatic carbocycles. The molecule has 2 rings (SSSR count). The maximum atomic E-state index is 12.2. The van der Waals surface area contributed by atoms with Crippen LogP contribution in [-0.2, 0) is 0 Å². The van der Waals surface area contributed by atoms with E-state index < -0.39 is 0 Å². The summed E-state index contributed by atoms with van der Waals surface area (Å²) in [6.07, 6.45) is 0.940. The van der Waals surface area contributed by atoms with Crippen molar-refractivity contribution in [2.75, 3.05) is 13.1 Å². The van der Waals surface area contributed by atoms with Gasteiger partial charge in [-0.15, -0.1) is 0 Å². The van der Waals surface area contributed by atoms with Crippen molar-refractivity contribution < 1.29 is 4.79 Å². The number of nitrogens with zero attached hydrogens (tertiary/aromatic N) is 1. The molecule has 1 aromatic carbocycles. The van der Waals surface area contributed by atoms with Crippen molar-refractivity contribution in [1.29, 1.82) is 5.26 Å². The molecule has 100 valence electrons. The summed E-state index contributed by atoms with van der Waals surface area (Å²) >= 11 is 0. The number of hydrogen-bond acceptors (Lipinski definition) is 3. The van der Waals surface area contributed by atoms with Crippen molar-refractivity contribution in [3.63, 3.8) is 0 Å². The standard InChI is InChI=1S/C15H19N3O/c1-15(2)10-17-8-7-13(15)18-14(19)12-5-3-11(9-16)4-6-12/h3-6,13,17H,7-8,10H2,1-2H3,(H,18,19). The van der Waals surface area contributed by atoms with Crippen LogP contribution in [0.2, 0.25) is 0 Å². The fraction of sp³-hybridized carbons (Fsp3) is 0.467. The summed E-state index contributed by atoms with van der Waals surface area (Å²) in [7, 11) is 0. The Morgan fingerprint density at radius 2 is 2.11 bits per heavy atom. The average Bonchev–Trinajstić information content (AvgIpc) is 2.41. The van der Waals surface area contributed by atoms with E-state index in [9.17, 15) is 4.79 Å². The summed E-state index contributed by atoms with van der Waals surface area (Å²) in [6.45, 7) is 6.15. The van der Waals surface area contributed by atoms with Crippen molar-refractivity contribution in [3.05, 3.63) is 35.4 Å². The zero-order valence-electron chi connectivity index (χ0n) is 11.4. The normalized spacial score (nSPS) is 21.4. The van der Waals surface area contributed by atoms with Gasteiger partial charge in [-0.3, -0.25) is 4.79 Å². The number of nitrogens with one attached hydrogen (secondary N) is 2. The van der Waals surface area contributed by atoms with Gasteiger partial charge in [-0.05, 0) is 42.6 Å². The van der Waals surface area contributed by atoms with Crippen molar-refractivity contribution in [1.82, 2.24) is 10.6 Å². The zero-order chi connectivity index (χ0) is 13.9. The van der Waals surface area contributed by atoms with Gasteiger partial charge in [-0.2, -0.15) is 5.26 Å². The third kappa shape index (κ3) is 3.12. The third-order valence-electron chi connectivity index (χ3n) is 3.72. The number of rotatable bonds is 2. The molecule has 0 saturated carbocycles. The first kappa shape index (κ1) is 13.6. The Labute approximate surface area is 113 Å². The lowest BCUT2D eigenvalue weighted by molar-refractivity contribution is 0.0868. The fourth-order valence-corrected chi connectivity index (χ4v) is 2.38. The minimum atomic E-state index is -0.0653. The van der Waals surface area contributed by atoms with Crippen LogP contribution >= 0.6 is 0 Å². The van der Waals surface area contributed by atoms with Crippen molar-refractivity contribution in [3.8, 4) is 6.07 Å². The van der Waals surface area contributed by atoms with E-state index in [0.29, 0.717) is 11.1 Å². The van der Waals surface area contributed by atoms with Crippen molar-refractivity contribution in [2.24, 2.45) is 5.41 Å². The second kappa shape index (κ2) is 5.41. The van der Waals surface area contributed by atoms with Crippen LogP contribution in [0.4, 0.5) is 0 Å². The largest absolute Gasteiger partial charge is 0.349 e. The summed E-state index contributed by atoms with van der Waals surface area (Å²) in [6, 6.07) is 8.96. The number of amides is 1. The smallest absolute Gasteiger partial charge is 0.251 e. The number of benzene rings is 1. The van der Waals surface area contributed by atoms with Crippen LogP contribution in [0.25, 0.3) is 0 Å². The third-order valence-corrected chi connectivity index (χ3v) is 3.72. The van der Waals surface area contributed by atoms with Gasteiger partial charge in [-0.1, -0.05) is 13.8 Å². The molecular weight excluding hydrogens is 238 g/mol. The Balaban J connectivity index is 2.06. The van der Waals surface area contributed by atoms with Gasteiger partial charge in [0.05, 0.1) is 11.6 Å². The van der Waals surface area contributed by atoms with E-state index in [1.807, 2.05) is 6.07 Å². The number of hydrogen-bond donors (Lipinski definition) is 2. The molecule has 1 aliphatic rings. The van der Waals surface area contributed by atoms with E-state index in [-0.39, 0.29) is 17.4 Å². The Bertz CT molecular complexity index is 499. The Kier molecular flexibility index (Phi) is 3.87. The fourth-order valence-electron chi connectivity index (χ4n) is 2.38. The molecule has 0 aromatic heterocycles. The lowest BCUT2D eigenvalue weighted by Gasteiger charge is -2.39. The highest BCUT2D eigenvalue weighted by Gasteiger charge is 2.33. The summed E-state index contributed by atoms with van der Waals surface area (Å²) in [5, 5.41) is 15.2. The van der Waals surface area contributed by atoms with Crippen molar-refractivity contribution in [2.45, 2.75) is 26.3 Å². The van der Waals surface area contributed by atoms with Crippen LogP contribution in [0, 0.1) is 16.7 Å². The van der Waals surface area contributed by atoms with Gasteiger partial charge >= 0.3 is 0 Å². The quantitative estimate of drug-likeness (QED) is 0.847. The first-order chi connectivity index (χ1) is 9.03. The molecule has 1 saturated heterocycles. The second-order valence-corrected chi connectivity index (χ2v) is 5.67. The number of piperidine rings is 1. The molecule has 1 unspecified atom stereocenters. The topological polar surface area (TPSA) is 64.9 Å². The summed E-state index contributed by atoms with van der Waals surface area (Å²) in [4.78, 5) is 12.2. The Hall–Kier alpha value is -1.86. The second-order valence-electron chi connectivity index (χ2n) is 5.67. The van der Waals surface area contributed by atoms with Gasteiger partial charge in [-0.25, -0.2) is 0 Å². The summed E-state index contributed by atoms with van der Waals surface area (Å²) in [5.74, 6) is -0.0653. The molecule has 1 amide bonds. The maximum absolute atomic E-state index is 12.2. The molecule has 0 radical (unpaired) electrons. The minimum Gasteiger partial charge on any atom is -0.349 e. The van der Waals surface area contributed by atoms with Crippen LogP contribution < -0.4 is 10.6 Å². The molecular formula is C15H19N3O. The van der Waals surface area contributed by atoms with E-state index in [1.165, 1.54) is 0 Å². The lowest BCUT2D eigenvalue weighted by atomic mass is 9.80. The first-order valence-electron chi connectivity index (χ1n) is 6.55. The molecule has 4 heteroatoms. The highest BCUT2D eigenvalue weighted by atomic mass is 16.1. The van der Waals surface area contributed by atoms with Gasteiger partial charge in [0.2, 0.25) is 0 Å². The highest BCUT2D eigenvalue weighted by Crippen LogP contribution is 2.25. The van der Waals surface area contributed by atoms with Crippen LogP contribution in [0.1, 0.15) is 36.2 Å². The van der Waals surface area contributed by atoms with Gasteiger partial charge < -0.3 is 10.6 Å². The van der Waals surface area contributed by atoms with Crippen LogP contribution in [-0.4, -0.2) is 25.0 Å². The lowest BCUT2D eigenvalue weighted by Crippen LogP contribution is -2.54. The minimum absolute atomic E-state index is 0.0561. The van der Waals surface area contributed by atoms with Crippen molar-refractivity contribution >= 4 is 5.91 Å². The Morgan fingerprint density at radius 1 is 1.42 bits per heavy atom. The molecule has 19 heavy (non-hydrogen) atoms. The zero-order valence-corrected chi connectivity index (χ0v) is 11.4. The van der Waals surface area contributed by atoms with Crippen LogP contribution in [0.3, 0.4) is 0 Å². The average molecular weight is 257 g/mol. The van der Waals surface area contributed by atoms with Gasteiger partial charge in [0, 0.05) is 18.2 Å². The van der Waals surface area contributed by atoms with Crippen LogP contribution in [0.15, 0.2) is 24.3 Å². The molecule has 2 N–H and O–H groups in total. The molecule has 1 heterocycles.